The molecule has 0 bridgehead atoms. The van der Waals surface area contributed by atoms with Crippen molar-refractivity contribution in [3.8, 4) is 0 Å². The molecule has 1 amide bonds. The molecule has 21 heavy (non-hydrogen) atoms. The highest BCUT2D eigenvalue weighted by Gasteiger charge is 2.17. The Hall–Kier alpha value is -1.62. The van der Waals surface area contributed by atoms with Gasteiger partial charge in [0.2, 0.25) is 0 Å². The minimum atomic E-state index is 0.102. The number of likely N-dealkylation sites (tertiary alicyclic amines) is 1. The summed E-state index contributed by atoms with van der Waals surface area (Å²) >= 11 is 0. The average molecular weight is 291 g/mol. The summed E-state index contributed by atoms with van der Waals surface area (Å²) in [4.78, 5) is 18.7. The molecule has 0 radical (unpaired) electrons. The van der Waals surface area contributed by atoms with E-state index in [2.05, 4.69) is 10.3 Å². The summed E-state index contributed by atoms with van der Waals surface area (Å²) in [7, 11) is 1.70. The van der Waals surface area contributed by atoms with Crippen LogP contribution in [0.4, 0.5) is 5.69 Å². The van der Waals surface area contributed by atoms with Gasteiger partial charge in [-0.25, -0.2) is 0 Å². The van der Waals surface area contributed by atoms with Crippen LogP contribution >= 0.6 is 0 Å². The van der Waals surface area contributed by atoms with Gasteiger partial charge >= 0.3 is 0 Å². The molecule has 1 N–H and O–H groups in total. The number of rotatable bonds is 6. The largest absolute Gasteiger partial charge is 0.385 e. The van der Waals surface area contributed by atoms with Crippen molar-refractivity contribution in [1.29, 1.82) is 0 Å². The quantitative estimate of drug-likeness (QED) is 0.818. The third kappa shape index (κ3) is 5.01. The van der Waals surface area contributed by atoms with E-state index in [0.29, 0.717) is 5.56 Å². The maximum Gasteiger partial charge on any atom is 0.255 e. The molecule has 0 aliphatic carbocycles. The molecule has 0 unspecified atom stereocenters. The monoisotopic (exact) mass is 291 g/mol. The summed E-state index contributed by atoms with van der Waals surface area (Å²) in [5.41, 5.74) is 1.57. The lowest BCUT2D eigenvalue weighted by molar-refractivity contribution is 0.0761. The highest BCUT2D eigenvalue weighted by Crippen LogP contribution is 2.15. The molecule has 1 aliphatic heterocycles. The molecule has 2 heterocycles. The summed E-state index contributed by atoms with van der Waals surface area (Å²) in [5, 5.41) is 3.28. The first-order valence-electron chi connectivity index (χ1n) is 7.78. The Kier molecular flexibility index (Phi) is 6.47. The topological polar surface area (TPSA) is 54.5 Å². The van der Waals surface area contributed by atoms with E-state index in [1.807, 2.05) is 11.0 Å². The molecule has 116 valence electrons. The number of carbonyl (C=O) groups excluding carboxylic acids is 1. The fourth-order valence-electron chi connectivity index (χ4n) is 2.56. The van der Waals surface area contributed by atoms with E-state index in [0.717, 1.165) is 51.2 Å². The molecule has 1 saturated heterocycles. The van der Waals surface area contributed by atoms with Gasteiger partial charge in [0.1, 0.15) is 0 Å². The van der Waals surface area contributed by atoms with Crippen LogP contribution in [0.2, 0.25) is 0 Å². The minimum absolute atomic E-state index is 0.102. The van der Waals surface area contributed by atoms with Crippen molar-refractivity contribution in [3.05, 3.63) is 24.0 Å². The third-order valence-corrected chi connectivity index (χ3v) is 3.73. The van der Waals surface area contributed by atoms with E-state index in [9.17, 15) is 4.79 Å². The zero-order chi connectivity index (χ0) is 14.9. The lowest BCUT2D eigenvalue weighted by Crippen LogP contribution is -2.31. The van der Waals surface area contributed by atoms with Gasteiger partial charge in [-0.2, -0.15) is 0 Å². The molecule has 1 aromatic heterocycles. The van der Waals surface area contributed by atoms with Crippen LogP contribution in [0.25, 0.3) is 0 Å². The number of hydrogen-bond acceptors (Lipinski definition) is 4. The van der Waals surface area contributed by atoms with E-state index < -0.39 is 0 Å². The number of pyridine rings is 1. The smallest absolute Gasteiger partial charge is 0.255 e. The van der Waals surface area contributed by atoms with E-state index in [-0.39, 0.29) is 5.91 Å². The first-order chi connectivity index (χ1) is 10.3. The summed E-state index contributed by atoms with van der Waals surface area (Å²) < 4.78 is 5.02. The number of nitrogens with one attached hydrogen (secondary N) is 1. The van der Waals surface area contributed by atoms with E-state index in [1.165, 1.54) is 12.8 Å². The number of nitrogens with zero attached hydrogens (tertiary/aromatic N) is 2. The van der Waals surface area contributed by atoms with Crippen molar-refractivity contribution in [2.45, 2.75) is 32.1 Å². The van der Waals surface area contributed by atoms with E-state index >= 15 is 0 Å². The van der Waals surface area contributed by atoms with Crippen LogP contribution < -0.4 is 5.32 Å². The first kappa shape index (κ1) is 15.8. The first-order valence-corrected chi connectivity index (χ1v) is 7.78. The molecule has 0 atom stereocenters. The van der Waals surface area contributed by atoms with Crippen molar-refractivity contribution < 1.29 is 9.53 Å². The third-order valence-electron chi connectivity index (χ3n) is 3.73. The van der Waals surface area contributed by atoms with Gasteiger partial charge in [0.25, 0.3) is 5.91 Å². The lowest BCUT2D eigenvalue weighted by Gasteiger charge is -2.20. The van der Waals surface area contributed by atoms with Crippen LogP contribution in [0.1, 0.15) is 42.5 Å². The summed E-state index contributed by atoms with van der Waals surface area (Å²) in [5.74, 6) is 0.102. The van der Waals surface area contributed by atoms with Gasteiger partial charge in [-0.05, 0) is 25.3 Å². The van der Waals surface area contributed by atoms with Crippen LogP contribution in [0.15, 0.2) is 18.5 Å². The van der Waals surface area contributed by atoms with Crippen LogP contribution in [-0.4, -0.2) is 49.1 Å². The van der Waals surface area contributed by atoms with Gasteiger partial charge in [-0.15, -0.1) is 0 Å². The predicted octanol–water partition coefficient (Wildman–Crippen LogP) is 2.55. The van der Waals surface area contributed by atoms with Gasteiger partial charge in [-0.3, -0.25) is 9.78 Å². The number of hydrogen-bond donors (Lipinski definition) is 1. The molecule has 5 nitrogen and oxygen atoms in total. The van der Waals surface area contributed by atoms with Crippen molar-refractivity contribution in [3.63, 3.8) is 0 Å². The standard InChI is InChI=1S/C16H25N3O2/c1-21-10-6-7-18-15-11-14(12-17-13-15)16(20)19-8-4-2-3-5-9-19/h11-13,18H,2-10H2,1H3. The van der Waals surface area contributed by atoms with E-state index in [4.69, 9.17) is 4.74 Å². The number of ether oxygens (including phenoxy) is 1. The molecular formula is C16H25N3O2. The van der Waals surface area contributed by atoms with Crippen LogP contribution in [0, 0.1) is 0 Å². The fourth-order valence-corrected chi connectivity index (χ4v) is 2.56. The Balaban J connectivity index is 1.93. The Morgan fingerprint density at radius 2 is 2.05 bits per heavy atom. The van der Waals surface area contributed by atoms with Gasteiger partial charge in [0.15, 0.2) is 0 Å². The SMILES string of the molecule is COCCCNc1cncc(C(=O)N2CCCCCC2)c1. The van der Waals surface area contributed by atoms with Crippen LogP contribution in [0.5, 0.6) is 0 Å². The molecule has 1 aromatic rings. The van der Waals surface area contributed by atoms with Gasteiger partial charge < -0.3 is 15.0 Å². The molecule has 0 aromatic carbocycles. The van der Waals surface area contributed by atoms with Crippen LogP contribution in [-0.2, 0) is 4.74 Å². The van der Waals surface area contributed by atoms with Crippen molar-refractivity contribution in [1.82, 2.24) is 9.88 Å². The van der Waals surface area contributed by atoms with Gasteiger partial charge in [0, 0.05) is 45.7 Å². The zero-order valence-corrected chi connectivity index (χ0v) is 12.8. The molecule has 0 spiro atoms. The molecule has 5 heteroatoms. The molecule has 0 saturated carbocycles. The zero-order valence-electron chi connectivity index (χ0n) is 12.8. The van der Waals surface area contributed by atoms with Gasteiger partial charge in [0.05, 0.1) is 11.3 Å². The molecule has 2 rings (SSSR count). The number of carbonyl (C=O) groups is 1. The average Bonchev–Trinajstić information content (AvgIpc) is 2.80. The van der Waals surface area contributed by atoms with Gasteiger partial charge in [-0.1, -0.05) is 12.8 Å². The number of aromatic nitrogens is 1. The predicted molar refractivity (Wildman–Crippen MR) is 83.6 cm³/mol. The number of amides is 1. The maximum absolute atomic E-state index is 12.5. The lowest BCUT2D eigenvalue weighted by atomic mass is 10.2. The summed E-state index contributed by atoms with van der Waals surface area (Å²) in [6.07, 6.45) is 9.01. The van der Waals surface area contributed by atoms with Crippen molar-refractivity contribution >= 4 is 11.6 Å². The van der Waals surface area contributed by atoms with Crippen LogP contribution in [0.3, 0.4) is 0 Å². The Morgan fingerprint density at radius 1 is 1.29 bits per heavy atom. The fraction of sp³-hybridized carbons (Fsp3) is 0.625. The van der Waals surface area contributed by atoms with Crippen molar-refractivity contribution in [2.24, 2.45) is 0 Å². The Bertz CT molecular complexity index is 443. The maximum atomic E-state index is 12.5. The number of methoxy groups -OCH3 is 1. The summed E-state index contributed by atoms with van der Waals surface area (Å²) in [6.45, 7) is 3.28. The minimum Gasteiger partial charge on any atom is -0.385 e. The molecular weight excluding hydrogens is 266 g/mol. The van der Waals surface area contributed by atoms with E-state index in [1.54, 1.807) is 19.5 Å². The highest BCUT2D eigenvalue weighted by molar-refractivity contribution is 5.94. The summed E-state index contributed by atoms with van der Waals surface area (Å²) in [6, 6.07) is 1.90. The second-order valence-electron chi connectivity index (χ2n) is 5.44. The highest BCUT2D eigenvalue weighted by atomic mass is 16.5. The Labute approximate surface area is 126 Å². The second-order valence-corrected chi connectivity index (χ2v) is 5.44. The Morgan fingerprint density at radius 3 is 2.76 bits per heavy atom. The molecule has 1 aliphatic rings. The number of anilines is 1. The second kappa shape index (κ2) is 8.62. The molecule has 1 fully saturated rings. The van der Waals surface area contributed by atoms with Crippen molar-refractivity contribution in [2.75, 3.05) is 38.7 Å². The normalized spacial score (nSPS) is 15.6.